The molecule has 2 aromatic rings. The van der Waals surface area contributed by atoms with Gasteiger partial charge in [0.25, 0.3) is 5.91 Å². The first-order chi connectivity index (χ1) is 12.7. The van der Waals surface area contributed by atoms with E-state index >= 15 is 0 Å². The Morgan fingerprint density at radius 1 is 1.22 bits per heavy atom. The molecule has 0 bridgehead atoms. The van der Waals surface area contributed by atoms with Gasteiger partial charge in [0.05, 0.1) is 17.2 Å². The van der Waals surface area contributed by atoms with Crippen LogP contribution in [0.5, 0.6) is 0 Å². The molecular weight excluding hydrogens is 363 g/mol. The average Bonchev–Trinajstić information content (AvgIpc) is 2.94. The number of alkyl halides is 3. The number of carbonyl (C=O) groups is 2. The molecule has 1 aliphatic rings. The Balaban J connectivity index is 1.66. The van der Waals surface area contributed by atoms with E-state index in [2.05, 4.69) is 5.32 Å². The van der Waals surface area contributed by atoms with Crippen molar-refractivity contribution in [2.75, 3.05) is 6.54 Å². The fourth-order valence-electron chi connectivity index (χ4n) is 2.99. The summed E-state index contributed by atoms with van der Waals surface area (Å²) >= 11 is 0. The van der Waals surface area contributed by atoms with Crippen molar-refractivity contribution in [3.8, 4) is 0 Å². The fraction of sp³-hybridized carbons (Fsp3) is 0.278. The Hall–Kier alpha value is -3.10. The summed E-state index contributed by atoms with van der Waals surface area (Å²) in [5.74, 6) is -0.784. The molecule has 6 nitrogen and oxygen atoms in total. The lowest BCUT2D eigenvalue weighted by molar-refractivity contribution is -0.605. The molecule has 0 unspecified atom stereocenters. The zero-order chi connectivity index (χ0) is 19.6. The minimum Gasteiger partial charge on any atom is -0.619 e. The lowest BCUT2D eigenvalue weighted by Crippen LogP contribution is -2.37. The van der Waals surface area contributed by atoms with Gasteiger partial charge in [-0.3, -0.25) is 9.59 Å². The molecule has 1 saturated heterocycles. The number of nitrogens with zero attached hydrogens (tertiary/aromatic N) is 2. The van der Waals surface area contributed by atoms with Gasteiger partial charge in [0.2, 0.25) is 5.91 Å². The van der Waals surface area contributed by atoms with Gasteiger partial charge in [0, 0.05) is 31.6 Å². The van der Waals surface area contributed by atoms with Crippen LogP contribution in [0.1, 0.15) is 27.9 Å². The van der Waals surface area contributed by atoms with E-state index in [0.717, 1.165) is 6.07 Å². The number of carbonyl (C=O) groups excluding carboxylic acids is 2. The fourth-order valence-corrected chi connectivity index (χ4v) is 2.99. The average molecular weight is 379 g/mol. The van der Waals surface area contributed by atoms with Crippen molar-refractivity contribution in [2.45, 2.75) is 25.2 Å². The minimum absolute atomic E-state index is 0.00776. The quantitative estimate of drug-likeness (QED) is 0.651. The van der Waals surface area contributed by atoms with Crippen LogP contribution in [0, 0.1) is 5.21 Å². The topological polar surface area (TPSA) is 76.4 Å². The Labute approximate surface area is 152 Å². The van der Waals surface area contributed by atoms with Crippen LogP contribution < -0.4 is 10.0 Å². The first-order valence-electron chi connectivity index (χ1n) is 8.16. The van der Waals surface area contributed by atoms with Crippen LogP contribution in [0.2, 0.25) is 0 Å². The molecule has 0 spiro atoms. The Bertz CT molecular complexity index is 853. The van der Waals surface area contributed by atoms with Crippen molar-refractivity contribution in [1.82, 2.24) is 10.2 Å². The Morgan fingerprint density at radius 2 is 1.89 bits per heavy atom. The van der Waals surface area contributed by atoms with Gasteiger partial charge in [-0.2, -0.15) is 17.9 Å². The SMILES string of the molecule is O=C(N[C@@H]1CC(=O)N(Cc2ccccc2C(F)(F)F)C1)c1cc[n+]([O-])cc1. The number of nitrogens with one attached hydrogen (secondary N) is 1. The summed E-state index contributed by atoms with van der Waals surface area (Å²) in [4.78, 5) is 25.6. The smallest absolute Gasteiger partial charge is 0.416 e. The number of aromatic nitrogens is 1. The standard InChI is InChI=1S/C18H16F3N3O3/c19-18(20,21)15-4-2-1-3-13(15)10-23-11-14(9-16(23)25)22-17(26)12-5-7-24(27)8-6-12/h1-8,14H,9-11H2,(H,22,26)/t14-/m1/s1. The van der Waals surface area contributed by atoms with Gasteiger partial charge in [0.1, 0.15) is 0 Å². The van der Waals surface area contributed by atoms with E-state index in [1.807, 2.05) is 0 Å². The molecule has 1 N–H and O–H groups in total. The maximum Gasteiger partial charge on any atom is 0.416 e. The number of halogens is 3. The molecule has 27 heavy (non-hydrogen) atoms. The van der Waals surface area contributed by atoms with Crippen LogP contribution in [0.25, 0.3) is 0 Å². The van der Waals surface area contributed by atoms with Crippen LogP contribution in [-0.2, 0) is 17.5 Å². The van der Waals surface area contributed by atoms with Crippen LogP contribution in [0.4, 0.5) is 13.2 Å². The molecular formula is C18H16F3N3O3. The van der Waals surface area contributed by atoms with Gasteiger partial charge in [-0.05, 0) is 11.6 Å². The van der Waals surface area contributed by atoms with Gasteiger partial charge in [-0.25, -0.2) is 0 Å². The third kappa shape index (κ3) is 4.36. The van der Waals surface area contributed by atoms with Crippen molar-refractivity contribution >= 4 is 11.8 Å². The largest absolute Gasteiger partial charge is 0.619 e. The number of benzene rings is 1. The zero-order valence-electron chi connectivity index (χ0n) is 14.1. The summed E-state index contributed by atoms with van der Waals surface area (Å²) in [6.07, 6.45) is -2.14. The molecule has 2 amide bonds. The Kier molecular flexibility index (Phi) is 5.02. The zero-order valence-corrected chi connectivity index (χ0v) is 14.1. The summed E-state index contributed by atoms with van der Waals surface area (Å²) < 4.78 is 39.8. The highest BCUT2D eigenvalue weighted by Crippen LogP contribution is 2.32. The number of pyridine rings is 1. The highest BCUT2D eigenvalue weighted by molar-refractivity contribution is 5.94. The summed E-state index contributed by atoms with van der Waals surface area (Å²) in [5, 5.41) is 13.7. The monoisotopic (exact) mass is 379 g/mol. The van der Waals surface area contributed by atoms with E-state index in [-0.39, 0.29) is 36.5 Å². The van der Waals surface area contributed by atoms with Crippen molar-refractivity contribution in [2.24, 2.45) is 0 Å². The lowest BCUT2D eigenvalue weighted by Gasteiger charge is -2.20. The third-order valence-corrected chi connectivity index (χ3v) is 4.30. The van der Waals surface area contributed by atoms with E-state index in [4.69, 9.17) is 0 Å². The van der Waals surface area contributed by atoms with E-state index in [1.165, 1.54) is 47.6 Å². The highest BCUT2D eigenvalue weighted by atomic mass is 19.4. The van der Waals surface area contributed by atoms with Gasteiger partial charge >= 0.3 is 6.18 Å². The predicted molar refractivity (Wildman–Crippen MR) is 88.1 cm³/mol. The van der Waals surface area contributed by atoms with Gasteiger partial charge in [-0.15, -0.1) is 0 Å². The van der Waals surface area contributed by atoms with Gasteiger partial charge in [0.15, 0.2) is 12.4 Å². The number of hydrogen-bond acceptors (Lipinski definition) is 3. The predicted octanol–water partition coefficient (Wildman–Crippen LogP) is 1.87. The Morgan fingerprint density at radius 3 is 2.56 bits per heavy atom. The first-order valence-corrected chi connectivity index (χ1v) is 8.16. The minimum atomic E-state index is -4.50. The molecule has 1 fully saturated rings. The molecule has 1 aromatic carbocycles. The second-order valence-corrected chi connectivity index (χ2v) is 6.25. The summed E-state index contributed by atoms with van der Waals surface area (Å²) in [6, 6.07) is 7.28. The van der Waals surface area contributed by atoms with Crippen LogP contribution in [-0.4, -0.2) is 29.3 Å². The molecule has 142 valence electrons. The van der Waals surface area contributed by atoms with Crippen LogP contribution >= 0.6 is 0 Å². The summed E-state index contributed by atoms with van der Waals surface area (Å²) in [7, 11) is 0. The molecule has 2 heterocycles. The van der Waals surface area contributed by atoms with Gasteiger partial charge < -0.3 is 15.4 Å². The number of hydrogen-bond donors (Lipinski definition) is 1. The summed E-state index contributed by atoms with van der Waals surface area (Å²) in [6.45, 7) is -0.0619. The molecule has 0 aliphatic carbocycles. The molecule has 0 radical (unpaired) electrons. The maximum atomic E-state index is 13.1. The molecule has 1 atom stereocenters. The van der Waals surface area contributed by atoms with Crippen LogP contribution in [0.15, 0.2) is 48.8 Å². The van der Waals surface area contributed by atoms with Crippen molar-refractivity contribution < 1.29 is 27.5 Å². The van der Waals surface area contributed by atoms with E-state index < -0.39 is 23.7 Å². The van der Waals surface area contributed by atoms with E-state index in [0.29, 0.717) is 4.73 Å². The number of rotatable bonds is 4. The molecule has 1 aromatic heterocycles. The van der Waals surface area contributed by atoms with E-state index in [9.17, 15) is 28.0 Å². The van der Waals surface area contributed by atoms with Crippen molar-refractivity contribution in [3.05, 3.63) is 70.7 Å². The second kappa shape index (κ2) is 7.26. The number of likely N-dealkylation sites (tertiary alicyclic amines) is 1. The van der Waals surface area contributed by atoms with E-state index in [1.54, 1.807) is 0 Å². The summed E-state index contributed by atoms with van der Waals surface area (Å²) in [5.41, 5.74) is -0.510. The lowest BCUT2D eigenvalue weighted by atomic mass is 10.1. The van der Waals surface area contributed by atoms with Crippen LogP contribution in [0.3, 0.4) is 0 Å². The number of amides is 2. The third-order valence-electron chi connectivity index (χ3n) is 4.30. The molecule has 3 rings (SSSR count). The van der Waals surface area contributed by atoms with Gasteiger partial charge in [-0.1, -0.05) is 18.2 Å². The van der Waals surface area contributed by atoms with Crippen molar-refractivity contribution in [1.29, 1.82) is 0 Å². The second-order valence-electron chi connectivity index (χ2n) is 6.25. The maximum absolute atomic E-state index is 13.1. The molecule has 9 heteroatoms. The normalized spacial score (nSPS) is 17.2. The van der Waals surface area contributed by atoms with Crippen molar-refractivity contribution in [3.63, 3.8) is 0 Å². The molecule has 1 aliphatic heterocycles. The first kappa shape index (κ1) is 18.7. The highest BCUT2D eigenvalue weighted by Gasteiger charge is 2.36. The molecule has 0 saturated carbocycles.